The van der Waals surface area contributed by atoms with Crippen molar-refractivity contribution in [3.05, 3.63) is 33.8 Å². The van der Waals surface area contributed by atoms with Gasteiger partial charge in [-0.15, -0.1) is 0 Å². The van der Waals surface area contributed by atoms with Crippen LogP contribution in [0.25, 0.3) is 0 Å². The van der Waals surface area contributed by atoms with E-state index in [1.807, 2.05) is 0 Å². The van der Waals surface area contributed by atoms with Crippen molar-refractivity contribution in [3.63, 3.8) is 0 Å². The van der Waals surface area contributed by atoms with Gasteiger partial charge in [-0.25, -0.2) is 0 Å². The number of hydrogen-bond donors (Lipinski definition) is 0. The molecule has 0 radical (unpaired) electrons. The largest absolute Gasteiger partial charge is 0.298 e. The van der Waals surface area contributed by atoms with Crippen molar-refractivity contribution in [2.75, 3.05) is 0 Å². The Kier molecular flexibility index (Phi) is 4.01. The van der Waals surface area contributed by atoms with Gasteiger partial charge in [0.25, 0.3) is 0 Å². The molecular formula is C10H8Br2O2. The smallest absolute Gasteiger partial charge is 0.151 e. The van der Waals surface area contributed by atoms with Crippen LogP contribution in [0.3, 0.4) is 0 Å². The van der Waals surface area contributed by atoms with Gasteiger partial charge in [-0.3, -0.25) is 9.59 Å². The number of ketones is 1. The minimum atomic E-state index is -0.339. The molecule has 1 unspecified atom stereocenters. The van der Waals surface area contributed by atoms with Crippen molar-refractivity contribution < 1.29 is 9.59 Å². The SMILES string of the molecule is CC(=O)C(Br)c1ccc(Br)c(C=O)c1. The molecule has 0 aromatic heterocycles. The number of rotatable bonds is 3. The minimum Gasteiger partial charge on any atom is -0.298 e. The standard InChI is InChI=1S/C10H8Br2O2/c1-6(14)10(12)7-2-3-9(11)8(4-7)5-13/h2-5,10H,1H3. The summed E-state index contributed by atoms with van der Waals surface area (Å²) in [4.78, 5) is 21.4. The Labute approximate surface area is 98.9 Å². The number of Topliss-reactive ketones (excluding diaryl/α,β-unsaturated/α-hetero) is 1. The van der Waals surface area contributed by atoms with Gasteiger partial charge in [0.05, 0.1) is 4.83 Å². The van der Waals surface area contributed by atoms with Crippen LogP contribution in [0.5, 0.6) is 0 Å². The van der Waals surface area contributed by atoms with Crippen molar-refractivity contribution in [1.82, 2.24) is 0 Å². The second-order valence-electron chi connectivity index (χ2n) is 2.87. The number of benzene rings is 1. The maximum absolute atomic E-state index is 11.1. The Bertz CT molecular complexity index is 374. The van der Waals surface area contributed by atoms with E-state index in [0.717, 1.165) is 16.3 Å². The maximum Gasteiger partial charge on any atom is 0.151 e. The van der Waals surface area contributed by atoms with Gasteiger partial charge < -0.3 is 0 Å². The third kappa shape index (κ3) is 2.51. The average Bonchev–Trinajstić information content (AvgIpc) is 2.17. The summed E-state index contributed by atoms with van der Waals surface area (Å²) >= 11 is 6.50. The van der Waals surface area contributed by atoms with Gasteiger partial charge in [-0.05, 0) is 24.6 Å². The Balaban J connectivity index is 3.12. The summed E-state index contributed by atoms with van der Waals surface area (Å²) in [6.45, 7) is 1.50. The first-order valence-corrected chi connectivity index (χ1v) is 5.66. The molecule has 0 aliphatic rings. The normalized spacial score (nSPS) is 12.2. The summed E-state index contributed by atoms with van der Waals surface area (Å²) < 4.78 is 0.736. The molecule has 74 valence electrons. The predicted octanol–water partition coefficient (Wildman–Crippen LogP) is 3.29. The molecule has 14 heavy (non-hydrogen) atoms. The summed E-state index contributed by atoms with van der Waals surface area (Å²) in [5.41, 5.74) is 1.34. The van der Waals surface area contributed by atoms with E-state index in [-0.39, 0.29) is 10.6 Å². The zero-order valence-corrected chi connectivity index (χ0v) is 10.6. The number of hydrogen-bond acceptors (Lipinski definition) is 2. The van der Waals surface area contributed by atoms with Gasteiger partial charge in [0.2, 0.25) is 0 Å². The highest BCUT2D eigenvalue weighted by Gasteiger charge is 2.13. The van der Waals surface area contributed by atoms with Gasteiger partial charge in [0.1, 0.15) is 5.78 Å². The van der Waals surface area contributed by atoms with Gasteiger partial charge in [0.15, 0.2) is 6.29 Å². The zero-order valence-electron chi connectivity index (χ0n) is 7.46. The van der Waals surface area contributed by atoms with Crippen LogP contribution in [0.1, 0.15) is 27.7 Å². The van der Waals surface area contributed by atoms with Crippen LogP contribution >= 0.6 is 31.9 Å². The van der Waals surface area contributed by atoms with Crippen LogP contribution in [0.4, 0.5) is 0 Å². The van der Waals surface area contributed by atoms with E-state index >= 15 is 0 Å². The molecule has 0 aliphatic heterocycles. The summed E-state index contributed by atoms with van der Waals surface area (Å²) in [5, 5.41) is 0. The van der Waals surface area contributed by atoms with Crippen LogP contribution in [-0.4, -0.2) is 12.1 Å². The summed E-state index contributed by atoms with van der Waals surface area (Å²) in [6.07, 6.45) is 0.757. The van der Waals surface area contributed by atoms with Crippen molar-refractivity contribution in [3.8, 4) is 0 Å². The second-order valence-corrected chi connectivity index (χ2v) is 4.64. The molecule has 0 aliphatic carbocycles. The fourth-order valence-electron chi connectivity index (χ4n) is 1.04. The highest BCUT2D eigenvalue weighted by atomic mass is 79.9. The number of alkyl halides is 1. The lowest BCUT2D eigenvalue weighted by Gasteiger charge is -2.07. The molecule has 0 N–H and O–H groups in total. The maximum atomic E-state index is 11.1. The molecule has 0 fully saturated rings. The fourth-order valence-corrected chi connectivity index (χ4v) is 1.67. The summed E-state index contributed by atoms with van der Waals surface area (Å²) in [6, 6.07) is 5.26. The van der Waals surface area contributed by atoms with E-state index in [9.17, 15) is 9.59 Å². The molecule has 4 heteroatoms. The summed E-state index contributed by atoms with van der Waals surface area (Å²) in [7, 11) is 0. The quantitative estimate of drug-likeness (QED) is 0.633. The lowest BCUT2D eigenvalue weighted by molar-refractivity contribution is -0.116. The molecule has 0 spiro atoms. The van der Waals surface area contributed by atoms with E-state index in [0.29, 0.717) is 5.56 Å². The topological polar surface area (TPSA) is 34.1 Å². The Morgan fingerprint density at radius 3 is 2.64 bits per heavy atom. The molecule has 0 saturated heterocycles. The first-order chi connectivity index (χ1) is 6.56. The van der Waals surface area contributed by atoms with Gasteiger partial charge in [-0.2, -0.15) is 0 Å². The highest BCUT2D eigenvalue weighted by molar-refractivity contribution is 9.10. The lowest BCUT2D eigenvalue weighted by atomic mass is 10.1. The molecule has 0 heterocycles. The lowest BCUT2D eigenvalue weighted by Crippen LogP contribution is -2.01. The Hall–Kier alpha value is -0.480. The Morgan fingerprint density at radius 1 is 1.50 bits per heavy atom. The van der Waals surface area contributed by atoms with Crippen molar-refractivity contribution in [2.45, 2.75) is 11.8 Å². The summed E-state index contributed by atoms with van der Waals surface area (Å²) in [5.74, 6) is 0.0178. The Morgan fingerprint density at radius 2 is 2.14 bits per heavy atom. The number of carbonyl (C=O) groups excluding carboxylic acids is 2. The van der Waals surface area contributed by atoms with E-state index in [1.165, 1.54) is 6.92 Å². The minimum absolute atomic E-state index is 0.0178. The highest BCUT2D eigenvalue weighted by Crippen LogP contribution is 2.26. The van der Waals surface area contributed by atoms with E-state index in [1.54, 1.807) is 18.2 Å². The third-order valence-corrected chi connectivity index (χ3v) is 3.69. The number of aldehydes is 1. The van der Waals surface area contributed by atoms with Crippen LogP contribution in [-0.2, 0) is 4.79 Å². The number of halogens is 2. The average molecular weight is 320 g/mol. The third-order valence-electron chi connectivity index (χ3n) is 1.80. The van der Waals surface area contributed by atoms with Crippen LogP contribution in [0, 0.1) is 0 Å². The van der Waals surface area contributed by atoms with E-state index in [4.69, 9.17) is 0 Å². The van der Waals surface area contributed by atoms with Gasteiger partial charge >= 0.3 is 0 Å². The molecule has 1 aromatic carbocycles. The zero-order chi connectivity index (χ0) is 10.7. The van der Waals surface area contributed by atoms with Crippen LogP contribution in [0.15, 0.2) is 22.7 Å². The van der Waals surface area contributed by atoms with Crippen molar-refractivity contribution in [2.24, 2.45) is 0 Å². The van der Waals surface area contributed by atoms with Crippen molar-refractivity contribution >= 4 is 43.9 Å². The first-order valence-electron chi connectivity index (χ1n) is 3.95. The molecule has 0 bridgehead atoms. The van der Waals surface area contributed by atoms with E-state index < -0.39 is 0 Å². The van der Waals surface area contributed by atoms with Gasteiger partial charge in [-0.1, -0.05) is 37.9 Å². The molecule has 1 atom stereocenters. The molecule has 0 saturated carbocycles. The molecule has 1 rings (SSSR count). The molecular weight excluding hydrogens is 312 g/mol. The molecule has 2 nitrogen and oxygen atoms in total. The molecule has 1 aromatic rings. The van der Waals surface area contributed by atoms with Crippen LogP contribution < -0.4 is 0 Å². The second kappa shape index (κ2) is 4.84. The first kappa shape index (κ1) is 11.6. The predicted molar refractivity (Wildman–Crippen MR) is 61.9 cm³/mol. The van der Waals surface area contributed by atoms with Crippen LogP contribution in [0.2, 0.25) is 0 Å². The monoisotopic (exact) mass is 318 g/mol. The number of carbonyl (C=O) groups is 2. The fraction of sp³-hybridized carbons (Fsp3) is 0.200. The van der Waals surface area contributed by atoms with Gasteiger partial charge in [0, 0.05) is 10.0 Å². The molecule has 0 amide bonds. The van der Waals surface area contributed by atoms with Crippen molar-refractivity contribution in [1.29, 1.82) is 0 Å². The van der Waals surface area contributed by atoms with E-state index in [2.05, 4.69) is 31.9 Å².